The van der Waals surface area contributed by atoms with Crippen LogP contribution in [0.25, 0.3) is 0 Å². The lowest BCUT2D eigenvalue weighted by atomic mass is 9.87. The monoisotopic (exact) mass is 386 g/mol. The van der Waals surface area contributed by atoms with Crippen LogP contribution in [-0.4, -0.2) is 29.3 Å². The van der Waals surface area contributed by atoms with Crippen molar-refractivity contribution in [3.8, 4) is 6.07 Å². The zero-order valence-corrected chi connectivity index (χ0v) is 15.1. The van der Waals surface area contributed by atoms with E-state index in [0.717, 1.165) is 4.90 Å². The van der Waals surface area contributed by atoms with Crippen molar-refractivity contribution in [3.05, 3.63) is 52.7 Å². The molecule has 138 valence electrons. The zero-order valence-electron chi connectivity index (χ0n) is 14.3. The van der Waals surface area contributed by atoms with Crippen molar-refractivity contribution in [2.24, 2.45) is 0 Å². The molecule has 7 nitrogen and oxygen atoms in total. The average molecular weight is 386 g/mol. The smallest absolute Gasteiger partial charge is 0.319 e. The van der Waals surface area contributed by atoms with Crippen LogP contribution in [0.1, 0.15) is 24.5 Å². The summed E-state index contributed by atoms with van der Waals surface area (Å²) in [6.07, 6.45) is 0.241. The Morgan fingerprint density at radius 2 is 2.04 bits per heavy atom. The Labute approximate surface area is 158 Å². The molecule has 1 aliphatic rings. The van der Waals surface area contributed by atoms with Crippen molar-refractivity contribution in [1.29, 1.82) is 5.26 Å². The first-order valence-corrected chi connectivity index (χ1v) is 8.97. The lowest BCUT2D eigenvalue weighted by Gasteiger charge is -2.25. The van der Waals surface area contributed by atoms with Gasteiger partial charge in [0.05, 0.1) is 5.56 Å². The van der Waals surface area contributed by atoms with Gasteiger partial charge in [-0.05, 0) is 35.6 Å². The van der Waals surface area contributed by atoms with E-state index < -0.39 is 35.7 Å². The lowest BCUT2D eigenvalue weighted by molar-refractivity contribution is -0.134. The predicted octanol–water partition coefficient (Wildman–Crippen LogP) is 2.55. The van der Waals surface area contributed by atoms with Crippen LogP contribution in [0.4, 0.5) is 14.2 Å². The minimum atomic E-state index is -1.34. The number of nitriles is 1. The lowest BCUT2D eigenvalue weighted by Crippen LogP contribution is -2.44. The van der Waals surface area contributed by atoms with Gasteiger partial charge in [-0.3, -0.25) is 14.5 Å². The minimum Gasteiger partial charge on any atom is -0.319 e. The molecular weight excluding hydrogens is 371 g/mol. The third kappa shape index (κ3) is 3.27. The summed E-state index contributed by atoms with van der Waals surface area (Å²) < 4.78 is 13.2. The van der Waals surface area contributed by atoms with Crippen LogP contribution in [0, 0.1) is 17.1 Å². The number of carbonyl (C=O) groups is 3. The van der Waals surface area contributed by atoms with Gasteiger partial charge in [-0.1, -0.05) is 19.1 Å². The normalized spacial score (nSPS) is 18.9. The molecule has 1 saturated heterocycles. The molecule has 1 atom stereocenters. The largest absolute Gasteiger partial charge is 0.325 e. The number of halogens is 1. The summed E-state index contributed by atoms with van der Waals surface area (Å²) in [6, 6.07) is 8.10. The van der Waals surface area contributed by atoms with Crippen molar-refractivity contribution in [1.82, 2.24) is 10.2 Å². The van der Waals surface area contributed by atoms with Crippen LogP contribution in [-0.2, 0) is 15.1 Å². The highest BCUT2D eigenvalue weighted by Gasteiger charge is 2.51. The molecule has 0 spiro atoms. The molecule has 1 fully saturated rings. The standard InChI is InChI=1S/C18H15FN4O3S/c1-2-18(12-3-5-13(19)6-4-12)16(25)23(17(26)22-18)10-14(24)21-15-11(9-20)7-8-27-15/h3-8H,2,10H2,1H3,(H,21,24)(H,22,26)/t18-/m0/s1. The number of carbonyl (C=O) groups excluding carboxylic acids is 3. The number of hydrogen-bond acceptors (Lipinski definition) is 5. The number of urea groups is 1. The van der Waals surface area contributed by atoms with Crippen molar-refractivity contribution < 1.29 is 18.8 Å². The van der Waals surface area contributed by atoms with Crippen molar-refractivity contribution in [3.63, 3.8) is 0 Å². The molecule has 1 aromatic carbocycles. The number of amides is 4. The Morgan fingerprint density at radius 1 is 1.33 bits per heavy atom. The van der Waals surface area contributed by atoms with E-state index in [-0.39, 0.29) is 6.42 Å². The Bertz CT molecular complexity index is 950. The summed E-state index contributed by atoms with van der Waals surface area (Å²) in [5.41, 5.74) is -0.594. The maximum absolute atomic E-state index is 13.2. The van der Waals surface area contributed by atoms with E-state index in [0.29, 0.717) is 16.1 Å². The molecule has 2 N–H and O–H groups in total. The van der Waals surface area contributed by atoms with E-state index in [2.05, 4.69) is 10.6 Å². The topological polar surface area (TPSA) is 102 Å². The van der Waals surface area contributed by atoms with Gasteiger partial charge in [-0.2, -0.15) is 5.26 Å². The fraction of sp³-hybridized carbons (Fsp3) is 0.222. The fourth-order valence-corrected chi connectivity index (χ4v) is 3.70. The van der Waals surface area contributed by atoms with Crippen LogP contribution in [0.2, 0.25) is 0 Å². The fourth-order valence-electron chi connectivity index (χ4n) is 2.95. The van der Waals surface area contributed by atoms with Gasteiger partial charge in [0, 0.05) is 0 Å². The number of rotatable bonds is 5. The first-order chi connectivity index (χ1) is 12.9. The van der Waals surface area contributed by atoms with E-state index in [4.69, 9.17) is 5.26 Å². The number of thiophene rings is 1. The van der Waals surface area contributed by atoms with Gasteiger partial charge in [0.25, 0.3) is 5.91 Å². The highest BCUT2D eigenvalue weighted by atomic mass is 32.1. The zero-order chi connectivity index (χ0) is 19.6. The highest BCUT2D eigenvalue weighted by Crippen LogP contribution is 2.32. The molecule has 0 unspecified atom stereocenters. The van der Waals surface area contributed by atoms with Crippen LogP contribution >= 0.6 is 11.3 Å². The molecule has 1 aliphatic heterocycles. The Kier molecular flexibility index (Phi) is 4.92. The molecule has 2 heterocycles. The van der Waals surface area contributed by atoms with Crippen LogP contribution in [0.5, 0.6) is 0 Å². The summed E-state index contributed by atoms with van der Waals surface area (Å²) in [4.78, 5) is 38.4. The number of anilines is 1. The van der Waals surface area contributed by atoms with Gasteiger partial charge >= 0.3 is 6.03 Å². The molecule has 2 aromatic rings. The Morgan fingerprint density at radius 3 is 2.67 bits per heavy atom. The van der Waals surface area contributed by atoms with E-state index in [1.54, 1.807) is 18.4 Å². The van der Waals surface area contributed by atoms with E-state index >= 15 is 0 Å². The first kappa shape index (κ1) is 18.5. The van der Waals surface area contributed by atoms with Gasteiger partial charge in [0.15, 0.2) is 0 Å². The van der Waals surface area contributed by atoms with Gasteiger partial charge in [0.2, 0.25) is 5.91 Å². The summed E-state index contributed by atoms with van der Waals surface area (Å²) >= 11 is 1.17. The molecule has 0 bridgehead atoms. The molecule has 0 radical (unpaired) electrons. The van der Waals surface area contributed by atoms with Crippen LogP contribution in [0.3, 0.4) is 0 Å². The molecule has 1 aromatic heterocycles. The third-order valence-corrected chi connectivity index (χ3v) is 5.21. The second kappa shape index (κ2) is 7.17. The summed E-state index contributed by atoms with van der Waals surface area (Å²) in [5.74, 6) is -1.63. The number of nitrogens with zero attached hydrogens (tertiary/aromatic N) is 2. The molecule has 27 heavy (non-hydrogen) atoms. The van der Waals surface area contributed by atoms with Crippen LogP contribution in [0.15, 0.2) is 35.7 Å². The molecular formula is C18H15FN4O3S. The Balaban J connectivity index is 1.80. The van der Waals surface area contributed by atoms with Crippen molar-refractivity contribution in [2.45, 2.75) is 18.9 Å². The molecule has 3 rings (SSSR count). The van der Waals surface area contributed by atoms with Gasteiger partial charge in [-0.25, -0.2) is 9.18 Å². The van der Waals surface area contributed by atoms with Gasteiger partial charge in [-0.15, -0.1) is 11.3 Å². The highest BCUT2D eigenvalue weighted by molar-refractivity contribution is 7.14. The SMILES string of the molecule is CC[C@@]1(c2ccc(F)cc2)NC(=O)N(CC(=O)Nc2sccc2C#N)C1=O. The first-order valence-electron chi connectivity index (χ1n) is 8.09. The number of nitrogens with one attached hydrogen (secondary N) is 2. The second-order valence-corrected chi connectivity index (χ2v) is 6.83. The van der Waals surface area contributed by atoms with E-state index in [1.807, 2.05) is 6.07 Å². The molecule has 0 aliphatic carbocycles. The van der Waals surface area contributed by atoms with Gasteiger partial charge < -0.3 is 10.6 Å². The number of hydrogen-bond donors (Lipinski definition) is 2. The summed E-state index contributed by atoms with van der Waals surface area (Å²) in [6.45, 7) is 1.23. The second-order valence-electron chi connectivity index (χ2n) is 5.91. The summed E-state index contributed by atoms with van der Waals surface area (Å²) in [7, 11) is 0. The predicted molar refractivity (Wildman–Crippen MR) is 96.3 cm³/mol. The molecule has 4 amide bonds. The third-order valence-electron chi connectivity index (χ3n) is 4.38. The average Bonchev–Trinajstić information content (AvgIpc) is 3.20. The van der Waals surface area contributed by atoms with E-state index in [1.165, 1.54) is 35.6 Å². The molecule has 9 heteroatoms. The quantitative estimate of drug-likeness (QED) is 0.771. The summed E-state index contributed by atoms with van der Waals surface area (Å²) in [5, 5.41) is 16.2. The van der Waals surface area contributed by atoms with E-state index in [9.17, 15) is 18.8 Å². The van der Waals surface area contributed by atoms with Gasteiger partial charge in [0.1, 0.15) is 29.0 Å². The number of imide groups is 1. The maximum Gasteiger partial charge on any atom is 0.325 e. The van der Waals surface area contributed by atoms with Crippen molar-refractivity contribution in [2.75, 3.05) is 11.9 Å². The minimum absolute atomic E-state index is 0.241. The molecule has 0 saturated carbocycles. The van der Waals surface area contributed by atoms with Crippen molar-refractivity contribution >= 4 is 34.2 Å². The van der Waals surface area contributed by atoms with Crippen LogP contribution < -0.4 is 10.6 Å². The maximum atomic E-state index is 13.2. The number of benzene rings is 1. The Hall–Kier alpha value is -3.25.